The van der Waals surface area contributed by atoms with Gasteiger partial charge in [-0.15, -0.1) is 5.10 Å². The number of para-hydroxylation sites is 1. The number of benzene rings is 2. The highest BCUT2D eigenvalue weighted by molar-refractivity contribution is 5.76. The van der Waals surface area contributed by atoms with Gasteiger partial charge in [0, 0.05) is 12.1 Å². The smallest absolute Gasteiger partial charge is 0.258 e. The van der Waals surface area contributed by atoms with E-state index in [2.05, 4.69) is 10.3 Å². The van der Waals surface area contributed by atoms with Gasteiger partial charge in [0.2, 0.25) is 0 Å². The average Bonchev–Trinajstić information content (AvgIpc) is 2.90. The fraction of sp³-hybridized carbons (Fsp3) is 0. The third-order valence-corrected chi connectivity index (χ3v) is 2.89. The van der Waals surface area contributed by atoms with Gasteiger partial charge in [0.15, 0.2) is 0 Å². The normalized spacial score (nSPS) is 10.3. The zero-order valence-electron chi connectivity index (χ0n) is 10.1. The molecule has 0 unspecified atom stereocenters. The fourth-order valence-electron chi connectivity index (χ4n) is 1.96. The van der Waals surface area contributed by atoms with Crippen LogP contribution in [0.3, 0.4) is 0 Å². The second-order valence-electron chi connectivity index (χ2n) is 4.06. The average molecular weight is 265 g/mol. The first kappa shape index (κ1) is 11.8. The van der Waals surface area contributed by atoms with Gasteiger partial charge < -0.3 is 0 Å². The van der Waals surface area contributed by atoms with E-state index in [0.29, 0.717) is 11.2 Å². The number of fused-ring (bicyclic) bond motifs is 1. The number of aromatic nitrogens is 3. The first-order valence-electron chi connectivity index (χ1n) is 5.70. The molecule has 0 saturated carbocycles. The summed E-state index contributed by atoms with van der Waals surface area (Å²) in [6.45, 7) is 0. The van der Waals surface area contributed by atoms with Gasteiger partial charge >= 0.3 is 0 Å². The SMILES string of the molecule is N#Cc1cc([N+](=O)[O-])ccc1-n1nnc2ccccc21. The molecular weight excluding hydrogens is 258 g/mol. The maximum Gasteiger partial charge on any atom is 0.270 e. The van der Waals surface area contributed by atoms with Crippen LogP contribution in [0.25, 0.3) is 16.7 Å². The number of hydrogen-bond acceptors (Lipinski definition) is 5. The molecule has 0 atom stereocenters. The molecule has 1 aromatic heterocycles. The molecule has 0 amide bonds. The predicted molar refractivity (Wildman–Crippen MR) is 70.2 cm³/mol. The number of non-ortho nitro benzene ring substituents is 1. The van der Waals surface area contributed by atoms with Gasteiger partial charge in [-0.25, -0.2) is 4.68 Å². The Labute approximate surface area is 112 Å². The van der Waals surface area contributed by atoms with Gasteiger partial charge in [-0.05, 0) is 18.2 Å². The van der Waals surface area contributed by atoms with Crippen LogP contribution in [0.4, 0.5) is 5.69 Å². The molecule has 0 aliphatic heterocycles. The van der Waals surface area contributed by atoms with E-state index in [-0.39, 0.29) is 11.3 Å². The summed E-state index contributed by atoms with van der Waals surface area (Å²) in [6.07, 6.45) is 0. The largest absolute Gasteiger partial charge is 0.270 e. The van der Waals surface area contributed by atoms with Crippen molar-refractivity contribution in [1.82, 2.24) is 15.0 Å². The van der Waals surface area contributed by atoms with Crippen LogP contribution >= 0.6 is 0 Å². The standard InChI is InChI=1S/C13H7N5O2/c14-8-9-7-10(18(19)20)5-6-12(9)17-13-4-2-1-3-11(13)15-16-17/h1-7H. The molecule has 96 valence electrons. The molecule has 0 N–H and O–H groups in total. The van der Waals surface area contributed by atoms with Crippen LogP contribution in [0.1, 0.15) is 5.56 Å². The van der Waals surface area contributed by atoms with Crippen LogP contribution in [-0.2, 0) is 0 Å². The van der Waals surface area contributed by atoms with E-state index in [4.69, 9.17) is 5.26 Å². The van der Waals surface area contributed by atoms with Crippen molar-refractivity contribution in [3.8, 4) is 11.8 Å². The minimum Gasteiger partial charge on any atom is -0.258 e. The van der Waals surface area contributed by atoms with Crippen LogP contribution in [0.15, 0.2) is 42.5 Å². The molecule has 7 nitrogen and oxygen atoms in total. The van der Waals surface area contributed by atoms with Crippen molar-refractivity contribution in [2.24, 2.45) is 0 Å². The zero-order valence-corrected chi connectivity index (χ0v) is 10.1. The summed E-state index contributed by atoms with van der Waals surface area (Å²) in [6, 6.07) is 13.3. The van der Waals surface area contributed by atoms with Crippen molar-refractivity contribution >= 4 is 16.7 Å². The second-order valence-corrected chi connectivity index (χ2v) is 4.06. The van der Waals surface area contributed by atoms with Crippen LogP contribution in [0.5, 0.6) is 0 Å². The summed E-state index contributed by atoms with van der Waals surface area (Å²) in [7, 11) is 0. The molecule has 0 spiro atoms. The third-order valence-electron chi connectivity index (χ3n) is 2.89. The molecule has 2 aromatic carbocycles. The van der Waals surface area contributed by atoms with Gasteiger partial charge in [-0.1, -0.05) is 17.3 Å². The number of hydrogen-bond donors (Lipinski definition) is 0. The Morgan fingerprint density at radius 2 is 2.05 bits per heavy atom. The Morgan fingerprint density at radius 3 is 2.80 bits per heavy atom. The fourth-order valence-corrected chi connectivity index (χ4v) is 1.96. The van der Waals surface area contributed by atoms with E-state index in [1.165, 1.54) is 22.9 Å². The van der Waals surface area contributed by atoms with Gasteiger partial charge in [0.05, 0.1) is 21.7 Å². The van der Waals surface area contributed by atoms with Crippen LogP contribution in [0, 0.1) is 21.4 Å². The van der Waals surface area contributed by atoms with E-state index in [1.807, 2.05) is 24.3 Å². The molecule has 0 bridgehead atoms. The molecule has 3 aromatic rings. The lowest BCUT2D eigenvalue weighted by molar-refractivity contribution is -0.384. The topological polar surface area (TPSA) is 97.6 Å². The summed E-state index contributed by atoms with van der Waals surface area (Å²) >= 11 is 0. The third kappa shape index (κ3) is 1.76. The highest BCUT2D eigenvalue weighted by Crippen LogP contribution is 2.23. The highest BCUT2D eigenvalue weighted by Gasteiger charge is 2.14. The monoisotopic (exact) mass is 265 g/mol. The Morgan fingerprint density at radius 1 is 1.25 bits per heavy atom. The molecular formula is C13H7N5O2. The minimum atomic E-state index is -0.538. The number of nitrogens with zero attached hydrogens (tertiary/aromatic N) is 5. The maximum atomic E-state index is 10.7. The Balaban J connectivity index is 2.24. The molecule has 0 saturated heterocycles. The van der Waals surface area contributed by atoms with Crippen molar-refractivity contribution in [2.45, 2.75) is 0 Å². The van der Waals surface area contributed by atoms with Crippen LogP contribution in [0.2, 0.25) is 0 Å². The lowest BCUT2D eigenvalue weighted by Gasteiger charge is -2.04. The second kappa shape index (κ2) is 4.44. The molecule has 0 fully saturated rings. The molecule has 1 heterocycles. The molecule has 0 aliphatic rings. The van der Waals surface area contributed by atoms with E-state index < -0.39 is 4.92 Å². The van der Waals surface area contributed by atoms with Crippen LogP contribution in [-0.4, -0.2) is 19.9 Å². The van der Waals surface area contributed by atoms with E-state index in [9.17, 15) is 10.1 Å². The first-order valence-corrected chi connectivity index (χ1v) is 5.70. The van der Waals surface area contributed by atoms with Gasteiger partial charge in [-0.2, -0.15) is 5.26 Å². The summed E-state index contributed by atoms with van der Waals surface area (Å²) < 4.78 is 1.50. The summed E-state index contributed by atoms with van der Waals surface area (Å²) in [5, 5.41) is 27.9. The van der Waals surface area contributed by atoms with Crippen molar-refractivity contribution in [3.63, 3.8) is 0 Å². The number of nitro groups is 1. The van der Waals surface area contributed by atoms with Gasteiger partial charge in [-0.3, -0.25) is 10.1 Å². The first-order chi connectivity index (χ1) is 9.70. The Bertz CT molecular complexity index is 863. The van der Waals surface area contributed by atoms with E-state index in [0.717, 1.165) is 5.52 Å². The Hall–Kier alpha value is -3.27. The lowest BCUT2D eigenvalue weighted by atomic mass is 10.1. The number of nitriles is 1. The molecule has 3 rings (SSSR count). The summed E-state index contributed by atoms with van der Waals surface area (Å²) in [5.41, 5.74) is 1.93. The van der Waals surface area contributed by atoms with Crippen molar-refractivity contribution in [2.75, 3.05) is 0 Å². The maximum absolute atomic E-state index is 10.7. The van der Waals surface area contributed by atoms with Crippen molar-refractivity contribution in [3.05, 3.63) is 58.1 Å². The van der Waals surface area contributed by atoms with Crippen molar-refractivity contribution in [1.29, 1.82) is 5.26 Å². The Kier molecular flexibility index (Phi) is 2.62. The minimum absolute atomic E-state index is 0.130. The predicted octanol–water partition coefficient (Wildman–Crippen LogP) is 2.20. The highest BCUT2D eigenvalue weighted by atomic mass is 16.6. The van der Waals surface area contributed by atoms with Gasteiger partial charge in [0.25, 0.3) is 5.69 Å². The quantitative estimate of drug-likeness (QED) is 0.522. The molecule has 0 aliphatic carbocycles. The number of nitro benzene ring substituents is 1. The van der Waals surface area contributed by atoms with E-state index in [1.54, 1.807) is 6.07 Å². The summed E-state index contributed by atoms with van der Waals surface area (Å²) in [4.78, 5) is 10.2. The zero-order chi connectivity index (χ0) is 14.1. The van der Waals surface area contributed by atoms with Gasteiger partial charge in [0.1, 0.15) is 11.6 Å². The number of rotatable bonds is 2. The summed E-state index contributed by atoms with van der Waals surface area (Å²) in [5.74, 6) is 0. The lowest BCUT2D eigenvalue weighted by Crippen LogP contribution is -2.01. The van der Waals surface area contributed by atoms with Crippen LogP contribution < -0.4 is 0 Å². The molecule has 0 radical (unpaired) electrons. The van der Waals surface area contributed by atoms with Crippen molar-refractivity contribution < 1.29 is 4.92 Å². The molecule has 7 heteroatoms. The van der Waals surface area contributed by atoms with E-state index >= 15 is 0 Å². The molecule has 20 heavy (non-hydrogen) atoms.